The Morgan fingerprint density at radius 2 is 1.60 bits per heavy atom. The third kappa shape index (κ3) is 4.32. The summed E-state index contributed by atoms with van der Waals surface area (Å²) in [5, 5.41) is 1.63. The molecule has 0 unspecified atom stereocenters. The molecule has 2 aromatic rings. The molecule has 0 fully saturated rings. The van der Waals surface area contributed by atoms with Crippen LogP contribution < -0.4 is 9.61 Å². The van der Waals surface area contributed by atoms with Crippen molar-refractivity contribution in [1.29, 1.82) is 0 Å². The van der Waals surface area contributed by atoms with Crippen molar-refractivity contribution >= 4 is 29.2 Å². The van der Waals surface area contributed by atoms with E-state index in [1.807, 2.05) is 0 Å². The number of aromatic nitrogens is 1. The van der Waals surface area contributed by atoms with Crippen molar-refractivity contribution in [3.05, 3.63) is 50.1 Å². The first-order valence-electron chi connectivity index (χ1n) is 7.03. The minimum atomic E-state index is -0.721. The van der Waals surface area contributed by atoms with Crippen molar-refractivity contribution in [2.75, 3.05) is 14.2 Å². The fourth-order valence-corrected chi connectivity index (χ4v) is 2.75. The molecule has 1 heterocycles. The first-order chi connectivity index (χ1) is 11.8. The number of methoxy groups -OCH3 is 2. The highest BCUT2D eigenvalue weighted by Crippen LogP contribution is 2.19. The lowest BCUT2D eigenvalue weighted by Gasteiger charge is -2.09. The smallest absolute Gasteiger partial charge is 0.338 e. The normalized spacial score (nSPS) is 10.2. The second-order valence-corrected chi connectivity index (χ2v) is 5.75. The highest BCUT2D eigenvalue weighted by atomic mass is 32.1. The van der Waals surface area contributed by atoms with Gasteiger partial charge in [-0.2, -0.15) is 0 Å². The molecular formula is C16H15NO7S. The summed E-state index contributed by atoms with van der Waals surface area (Å²) < 4.78 is 15.6. The molecule has 8 nitrogen and oxygen atoms in total. The van der Waals surface area contributed by atoms with Gasteiger partial charge in [0.1, 0.15) is 12.3 Å². The molecule has 0 radical (unpaired) electrons. The highest BCUT2D eigenvalue weighted by molar-refractivity contribution is 7.07. The van der Waals surface area contributed by atoms with E-state index >= 15 is 0 Å². The quantitative estimate of drug-likeness (QED) is 0.583. The van der Waals surface area contributed by atoms with Gasteiger partial charge in [-0.3, -0.25) is 9.36 Å². The number of aryl methyl sites for hydroxylation is 1. The molecule has 0 N–H and O–H groups in total. The maximum absolute atomic E-state index is 12.1. The number of hydrogen-bond acceptors (Lipinski definition) is 8. The van der Waals surface area contributed by atoms with E-state index < -0.39 is 17.9 Å². The minimum absolute atomic E-state index is 0.0251. The van der Waals surface area contributed by atoms with Crippen LogP contribution in [0.25, 0.3) is 0 Å². The summed E-state index contributed by atoms with van der Waals surface area (Å²) in [6.07, 6.45) is 0. The second-order valence-electron chi connectivity index (χ2n) is 4.93. The van der Waals surface area contributed by atoms with Gasteiger partial charge in [0.15, 0.2) is 0 Å². The Balaban J connectivity index is 2.28. The van der Waals surface area contributed by atoms with Crippen LogP contribution in [0.4, 0.5) is 0 Å². The minimum Gasteiger partial charge on any atom is -0.465 e. The standard InChI is InChI=1S/C16H15NO7S/c1-9-8-25-16(21)17(9)7-13(18)24-12-5-10(14(19)22-2)4-11(6-12)15(20)23-3/h4-6,8H,7H2,1-3H3. The summed E-state index contributed by atoms with van der Waals surface area (Å²) in [5.74, 6) is -2.16. The Morgan fingerprint density at radius 3 is 2.04 bits per heavy atom. The summed E-state index contributed by atoms with van der Waals surface area (Å²) >= 11 is 0.975. The van der Waals surface area contributed by atoms with Crippen molar-refractivity contribution in [1.82, 2.24) is 4.57 Å². The molecule has 1 aromatic carbocycles. The maximum Gasteiger partial charge on any atom is 0.338 e. The molecule has 25 heavy (non-hydrogen) atoms. The number of rotatable bonds is 5. The van der Waals surface area contributed by atoms with Crippen molar-refractivity contribution in [2.45, 2.75) is 13.5 Å². The van der Waals surface area contributed by atoms with Crippen LogP contribution in [0.2, 0.25) is 0 Å². The number of nitrogens with zero attached hydrogens (tertiary/aromatic N) is 1. The summed E-state index contributed by atoms with van der Waals surface area (Å²) in [4.78, 5) is 46.8. The Bertz CT molecular complexity index is 847. The molecule has 0 aliphatic carbocycles. The number of thiazole rings is 1. The molecule has 1 aromatic heterocycles. The lowest BCUT2D eigenvalue weighted by atomic mass is 10.1. The first kappa shape index (κ1) is 18.4. The Kier molecular flexibility index (Phi) is 5.71. The van der Waals surface area contributed by atoms with E-state index in [4.69, 9.17) is 4.74 Å². The molecule has 0 aliphatic rings. The van der Waals surface area contributed by atoms with Crippen LogP contribution in [-0.2, 0) is 20.8 Å². The van der Waals surface area contributed by atoms with Crippen LogP contribution in [-0.4, -0.2) is 36.7 Å². The van der Waals surface area contributed by atoms with Crippen LogP contribution in [0.3, 0.4) is 0 Å². The van der Waals surface area contributed by atoms with E-state index in [1.165, 1.54) is 37.0 Å². The lowest BCUT2D eigenvalue weighted by Crippen LogP contribution is -2.24. The second kappa shape index (κ2) is 7.75. The molecule has 9 heteroatoms. The van der Waals surface area contributed by atoms with Crippen molar-refractivity contribution in [2.24, 2.45) is 0 Å². The number of carbonyl (C=O) groups is 3. The van der Waals surface area contributed by atoms with E-state index in [2.05, 4.69) is 9.47 Å². The van der Waals surface area contributed by atoms with Crippen LogP contribution in [0.15, 0.2) is 28.4 Å². The van der Waals surface area contributed by atoms with Crippen LogP contribution in [0, 0.1) is 6.92 Å². The van der Waals surface area contributed by atoms with Gasteiger partial charge in [0.2, 0.25) is 0 Å². The average Bonchev–Trinajstić information content (AvgIpc) is 2.91. The molecule has 0 saturated carbocycles. The molecule has 0 atom stereocenters. The zero-order chi connectivity index (χ0) is 18.6. The monoisotopic (exact) mass is 365 g/mol. The molecule has 0 spiro atoms. The van der Waals surface area contributed by atoms with Gasteiger partial charge < -0.3 is 14.2 Å². The van der Waals surface area contributed by atoms with E-state index in [0.29, 0.717) is 5.69 Å². The Morgan fingerprint density at radius 1 is 1.04 bits per heavy atom. The van der Waals surface area contributed by atoms with E-state index in [0.717, 1.165) is 11.3 Å². The van der Waals surface area contributed by atoms with Crippen molar-refractivity contribution in [3.8, 4) is 5.75 Å². The number of benzene rings is 1. The van der Waals surface area contributed by atoms with Crippen LogP contribution in [0.5, 0.6) is 5.75 Å². The van der Waals surface area contributed by atoms with Crippen molar-refractivity contribution < 1.29 is 28.6 Å². The summed E-state index contributed by atoms with van der Waals surface area (Å²) in [6, 6.07) is 3.79. The Labute approximate surface area is 146 Å². The summed E-state index contributed by atoms with van der Waals surface area (Å²) in [6.45, 7) is 1.41. The summed E-state index contributed by atoms with van der Waals surface area (Å²) in [7, 11) is 2.37. The molecule has 132 valence electrons. The largest absolute Gasteiger partial charge is 0.465 e. The topological polar surface area (TPSA) is 101 Å². The number of ether oxygens (including phenoxy) is 3. The van der Waals surface area contributed by atoms with Gasteiger partial charge in [0, 0.05) is 11.1 Å². The van der Waals surface area contributed by atoms with Gasteiger partial charge in [0.05, 0.1) is 25.3 Å². The highest BCUT2D eigenvalue weighted by Gasteiger charge is 2.17. The van der Waals surface area contributed by atoms with E-state index in [-0.39, 0.29) is 28.3 Å². The zero-order valence-electron chi connectivity index (χ0n) is 13.7. The van der Waals surface area contributed by atoms with Gasteiger partial charge in [0.25, 0.3) is 0 Å². The van der Waals surface area contributed by atoms with Crippen LogP contribution in [0.1, 0.15) is 26.4 Å². The molecule has 0 saturated heterocycles. The van der Waals surface area contributed by atoms with E-state index in [1.54, 1.807) is 12.3 Å². The zero-order valence-corrected chi connectivity index (χ0v) is 14.5. The predicted molar refractivity (Wildman–Crippen MR) is 88.1 cm³/mol. The van der Waals surface area contributed by atoms with Gasteiger partial charge in [-0.25, -0.2) is 14.4 Å². The number of carbonyl (C=O) groups excluding carboxylic acids is 3. The Hall–Kier alpha value is -2.94. The maximum atomic E-state index is 12.1. The molecule has 0 aliphatic heterocycles. The third-order valence-electron chi connectivity index (χ3n) is 3.24. The van der Waals surface area contributed by atoms with Gasteiger partial charge in [-0.1, -0.05) is 11.3 Å². The molecule has 2 rings (SSSR count). The third-order valence-corrected chi connectivity index (χ3v) is 4.13. The molecule has 0 amide bonds. The van der Waals surface area contributed by atoms with Crippen LogP contribution >= 0.6 is 11.3 Å². The van der Waals surface area contributed by atoms with E-state index in [9.17, 15) is 19.2 Å². The SMILES string of the molecule is COC(=O)c1cc(OC(=O)Cn2c(C)csc2=O)cc(C(=O)OC)c1. The fraction of sp³-hybridized carbons (Fsp3) is 0.250. The number of hydrogen-bond donors (Lipinski definition) is 0. The van der Waals surface area contributed by atoms with Gasteiger partial charge >= 0.3 is 22.8 Å². The molecular weight excluding hydrogens is 350 g/mol. The fourth-order valence-electron chi connectivity index (χ4n) is 2.02. The van der Waals surface area contributed by atoms with Gasteiger partial charge in [-0.05, 0) is 25.1 Å². The lowest BCUT2D eigenvalue weighted by molar-refractivity contribution is -0.135. The van der Waals surface area contributed by atoms with Crippen molar-refractivity contribution in [3.63, 3.8) is 0 Å². The summed E-state index contributed by atoms with van der Waals surface area (Å²) in [5.41, 5.74) is 0.680. The van der Waals surface area contributed by atoms with Gasteiger partial charge in [-0.15, -0.1) is 0 Å². The molecule has 0 bridgehead atoms. The number of esters is 3. The predicted octanol–water partition coefficient (Wildman–Crippen LogP) is 1.40. The average molecular weight is 365 g/mol. The first-order valence-corrected chi connectivity index (χ1v) is 7.91.